The first-order chi connectivity index (χ1) is 20.8. The number of rotatable bonds is 37. The minimum Gasteiger partial charge on any atom is -0.107 e. The van der Waals surface area contributed by atoms with Crippen molar-refractivity contribution in [3.63, 3.8) is 0 Å². The van der Waals surface area contributed by atoms with Gasteiger partial charge in [-0.2, -0.15) is 0 Å². The average molecular weight is 627 g/mol. The van der Waals surface area contributed by atoms with Gasteiger partial charge in [-0.15, -0.1) is 15.8 Å². The molecule has 0 aromatic rings. The molecule has 0 aliphatic carbocycles. The lowest BCUT2D eigenvalue weighted by atomic mass is 10.1. The molecule has 0 aliphatic heterocycles. The second kappa shape index (κ2) is 38.0. The third-order valence-corrected chi connectivity index (χ3v) is 15.2. The molecule has 0 fully saturated rings. The van der Waals surface area contributed by atoms with Crippen LogP contribution in [0.15, 0.2) is 0 Å². The molecule has 0 aromatic carbocycles. The van der Waals surface area contributed by atoms with Crippen molar-refractivity contribution in [3.05, 3.63) is 0 Å². The SMILES string of the molecule is CCCCCCCCP(CCCCCCCC)CCCCCCCCP(CCCCCCCC)CCCCCCCC. The van der Waals surface area contributed by atoms with E-state index in [1.165, 1.54) is 180 Å². The third kappa shape index (κ3) is 33.7. The van der Waals surface area contributed by atoms with E-state index in [1.54, 1.807) is 49.8 Å². The van der Waals surface area contributed by atoms with Crippen molar-refractivity contribution in [2.75, 3.05) is 37.0 Å². The lowest BCUT2D eigenvalue weighted by molar-refractivity contribution is 0.616. The second-order valence-electron chi connectivity index (χ2n) is 13.9. The molecule has 2 heteroatoms. The Bertz CT molecular complexity index is 391. The summed E-state index contributed by atoms with van der Waals surface area (Å²) in [7, 11) is 0.668. The fourth-order valence-electron chi connectivity index (χ4n) is 6.51. The van der Waals surface area contributed by atoms with Crippen molar-refractivity contribution in [1.29, 1.82) is 0 Å². The van der Waals surface area contributed by atoms with Crippen LogP contribution in [0.4, 0.5) is 0 Å². The summed E-state index contributed by atoms with van der Waals surface area (Å²) in [6.45, 7) is 9.36. The van der Waals surface area contributed by atoms with Crippen LogP contribution >= 0.6 is 15.8 Å². The minimum atomic E-state index is 0.334. The average Bonchev–Trinajstić information content (AvgIpc) is 3.00. The molecule has 0 unspecified atom stereocenters. The number of unbranched alkanes of at least 4 members (excludes halogenated alkanes) is 25. The van der Waals surface area contributed by atoms with Crippen LogP contribution in [0.1, 0.15) is 220 Å². The zero-order chi connectivity index (χ0) is 30.6. The van der Waals surface area contributed by atoms with Gasteiger partial charge in [-0.3, -0.25) is 0 Å². The summed E-state index contributed by atoms with van der Waals surface area (Å²) in [5.74, 6) is 0. The van der Waals surface area contributed by atoms with E-state index < -0.39 is 0 Å². The summed E-state index contributed by atoms with van der Waals surface area (Å²) < 4.78 is 0. The lowest BCUT2D eigenvalue weighted by Crippen LogP contribution is -1.98. The van der Waals surface area contributed by atoms with Gasteiger partial charge in [0.2, 0.25) is 0 Å². The smallest absolute Gasteiger partial charge is 0.0326 e. The standard InChI is InChI=1S/C40H84P2/c1-5-9-13-17-23-29-35-41(36-30-24-18-14-10-6-2)39-33-27-21-22-28-34-40-42(37-31-25-19-15-11-7-3)38-32-26-20-16-12-8-4/h5-40H2,1-4H3. The Kier molecular flexibility index (Phi) is 38.8. The van der Waals surface area contributed by atoms with E-state index in [0.717, 1.165) is 0 Å². The Morgan fingerprint density at radius 3 is 0.500 bits per heavy atom. The summed E-state index contributed by atoms with van der Waals surface area (Å²) in [4.78, 5) is 0. The predicted octanol–water partition coefficient (Wildman–Crippen LogP) is 15.7. The highest BCUT2D eigenvalue weighted by Gasteiger charge is 2.10. The minimum absolute atomic E-state index is 0.334. The van der Waals surface area contributed by atoms with Crippen molar-refractivity contribution >= 4 is 15.8 Å². The largest absolute Gasteiger partial charge is 0.107 e. The molecule has 42 heavy (non-hydrogen) atoms. The second-order valence-corrected chi connectivity index (χ2v) is 19.2. The summed E-state index contributed by atoms with van der Waals surface area (Å²) in [5.41, 5.74) is 0. The van der Waals surface area contributed by atoms with Gasteiger partial charge in [0.05, 0.1) is 0 Å². The molecular weight excluding hydrogens is 542 g/mol. The van der Waals surface area contributed by atoms with Crippen LogP contribution in [0, 0.1) is 0 Å². The molecule has 0 heterocycles. The zero-order valence-corrected chi connectivity index (χ0v) is 32.1. The molecule has 0 aromatic heterocycles. The fraction of sp³-hybridized carbons (Fsp3) is 1.00. The van der Waals surface area contributed by atoms with Gasteiger partial charge >= 0.3 is 0 Å². The van der Waals surface area contributed by atoms with Crippen LogP contribution in [0.5, 0.6) is 0 Å². The molecule has 0 spiro atoms. The Labute approximate surface area is 272 Å². The monoisotopic (exact) mass is 627 g/mol. The van der Waals surface area contributed by atoms with Gasteiger partial charge in [-0.25, -0.2) is 0 Å². The Balaban J connectivity index is 4.13. The predicted molar refractivity (Wildman–Crippen MR) is 204 cm³/mol. The fourth-order valence-corrected chi connectivity index (χ4v) is 11.9. The van der Waals surface area contributed by atoms with E-state index >= 15 is 0 Å². The van der Waals surface area contributed by atoms with E-state index in [-0.39, 0.29) is 0 Å². The highest BCUT2D eigenvalue weighted by atomic mass is 31.1. The molecule has 0 amide bonds. The molecule has 0 aliphatic rings. The number of hydrogen-bond acceptors (Lipinski definition) is 0. The van der Waals surface area contributed by atoms with Crippen molar-refractivity contribution < 1.29 is 0 Å². The van der Waals surface area contributed by atoms with Gasteiger partial charge in [-0.1, -0.05) is 182 Å². The molecule has 0 rings (SSSR count). The van der Waals surface area contributed by atoms with Gasteiger partial charge in [-0.05, 0) is 75.5 Å². The quantitative estimate of drug-likeness (QED) is 0.0475. The molecule has 0 radical (unpaired) electrons. The first kappa shape index (κ1) is 42.9. The van der Waals surface area contributed by atoms with Gasteiger partial charge in [0, 0.05) is 0 Å². The van der Waals surface area contributed by atoms with Crippen molar-refractivity contribution in [2.24, 2.45) is 0 Å². The maximum absolute atomic E-state index is 2.34. The summed E-state index contributed by atoms with van der Waals surface area (Å²) in [5, 5.41) is 0. The normalized spacial score (nSPS) is 11.9. The van der Waals surface area contributed by atoms with Crippen molar-refractivity contribution in [1.82, 2.24) is 0 Å². The maximum atomic E-state index is 2.34. The Morgan fingerprint density at radius 1 is 0.190 bits per heavy atom. The highest BCUT2D eigenvalue weighted by Crippen LogP contribution is 2.41. The lowest BCUT2D eigenvalue weighted by Gasteiger charge is -2.19. The molecular formula is C40H84P2. The summed E-state index contributed by atoms with van der Waals surface area (Å²) >= 11 is 0. The van der Waals surface area contributed by atoms with Crippen LogP contribution in [0.25, 0.3) is 0 Å². The molecule has 0 atom stereocenters. The molecule has 254 valence electrons. The summed E-state index contributed by atoms with van der Waals surface area (Å²) in [6.07, 6.45) is 54.1. The van der Waals surface area contributed by atoms with Gasteiger partial charge in [0.25, 0.3) is 0 Å². The highest BCUT2D eigenvalue weighted by molar-refractivity contribution is 7.57. The van der Waals surface area contributed by atoms with Crippen LogP contribution in [0.3, 0.4) is 0 Å². The van der Waals surface area contributed by atoms with Gasteiger partial charge in [0.15, 0.2) is 0 Å². The topological polar surface area (TPSA) is 0 Å². The summed E-state index contributed by atoms with van der Waals surface area (Å²) in [6, 6.07) is 0. The molecule has 0 saturated heterocycles. The third-order valence-electron chi connectivity index (χ3n) is 9.51. The van der Waals surface area contributed by atoms with E-state index in [0.29, 0.717) is 15.8 Å². The van der Waals surface area contributed by atoms with E-state index in [4.69, 9.17) is 0 Å². The van der Waals surface area contributed by atoms with Crippen LogP contribution in [-0.4, -0.2) is 37.0 Å². The first-order valence-corrected chi connectivity index (χ1v) is 24.0. The first-order valence-electron chi connectivity index (χ1n) is 20.2. The molecule has 0 nitrogen and oxygen atoms in total. The van der Waals surface area contributed by atoms with E-state index in [9.17, 15) is 0 Å². The van der Waals surface area contributed by atoms with Gasteiger partial charge in [0.1, 0.15) is 0 Å². The van der Waals surface area contributed by atoms with Crippen LogP contribution in [0.2, 0.25) is 0 Å². The molecule has 0 N–H and O–H groups in total. The maximum Gasteiger partial charge on any atom is -0.0326 e. The van der Waals surface area contributed by atoms with Crippen LogP contribution < -0.4 is 0 Å². The Hall–Kier alpha value is 0.860. The molecule has 0 bridgehead atoms. The Morgan fingerprint density at radius 2 is 0.333 bits per heavy atom. The number of hydrogen-bond donors (Lipinski definition) is 0. The van der Waals surface area contributed by atoms with E-state index in [2.05, 4.69) is 27.7 Å². The zero-order valence-electron chi connectivity index (χ0n) is 30.4. The van der Waals surface area contributed by atoms with Crippen molar-refractivity contribution in [2.45, 2.75) is 220 Å². The molecule has 0 saturated carbocycles. The van der Waals surface area contributed by atoms with Crippen LogP contribution in [-0.2, 0) is 0 Å². The van der Waals surface area contributed by atoms with Gasteiger partial charge < -0.3 is 0 Å². The van der Waals surface area contributed by atoms with Crippen molar-refractivity contribution in [3.8, 4) is 0 Å². The van der Waals surface area contributed by atoms with E-state index in [1.807, 2.05) is 0 Å².